The molecule has 3 nitrogen and oxygen atoms in total. The third-order valence-electron chi connectivity index (χ3n) is 3.00. The van der Waals surface area contributed by atoms with Gasteiger partial charge in [0.2, 0.25) is 10.0 Å². The maximum atomic E-state index is 11.7. The minimum absolute atomic E-state index is 0.295. The molecule has 1 fully saturated rings. The van der Waals surface area contributed by atoms with Gasteiger partial charge in [-0.15, -0.1) is 12.3 Å². The molecule has 1 N–H and O–H groups in total. The molecule has 0 unspecified atom stereocenters. The molecule has 0 aromatic heterocycles. The highest BCUT2D eigenvalue weighted by Crippen LogP contribution is 2.24. The topological polar surface area (TPSA) is 46.2 Å². The zero-order chi connectivity index (χ0) is 11.9. The second-order valence-electron chi connectivity index (χ2n) is 4.49. The van der Waals surface area contributed by atoms with Crippen molar-refractivity contribution in [2.24, 2.45) is 5.92 Å². The molecule has 0 bridgehead atoms. The van der Waals surface area contributed by atoms with Gasteiger partial charge in [0.05, 0.1) is 5.75 Å². The summed E-state index contributed by atoms with van der Waals surface area (Å²) in [6.07, 6.45) is 12.2. The Hall–Kier alpha value is -0.530. The SMILES string of the molecule is C#CCCCNS(=O)(=O)CC1CCCCC1. The summed E-state index contributed by atoms with van der Waals surface area (Å²) in [4.78, 5) is 0. The Morgan fingerprint density at radius 2 is 1.94 bits per heavy atom. The molecule has 0 heterocycles. The van der Waals surface area contributed by atoms with Gasteiger partial charge in [-0.3, -0.25) is 0 Å². The number of sulfonamides is 1. The van der Waals surface area contributed by atoms with Crippen LogP contribution in [0.3, 0.4) is 0 Å². The molecule has 0 aromatic rings. The Kier molecular flexibility index (Phi) is 5.86. The molecule has 1 aliphatic carbocycles. The normalized spacial score (nSPS) is 18.2. The van der Waals surface area contributed by atoms with Gasteiger partial charge in [0, 0.05) is 13.0 Å². The second-order valence-corrected chi connectivity index (χ2v) is 6.34. The zero-order valence-corrected chi connectivity index (χ0v) is 10.6. The van der Waals surface area contributed by atoms with E-state index in [1.165, 1.54) is 19.3 Å². The Labute approximate surface area is 99.1 Å². The fourth-order valence-corrected chi connectivity index (χ4v) is 3.67. The van der Waals surface area contributed by atoms with Crippen LogP contribution < -0.4 is 4.72 Å². The van der Waals surface area contributed by atoms with E-state index in [1.54, 1.807) is 0 Å². The van der Waals surface area contributed by atoms with Crippen molar-refractivity contribution in [1.29, 1.82) is 0 Å². The van der Waals surface area contributed by atoms with E-state index < -0.39 is 10.0 Å². The molecular weight excluding hydrogens is 222 g/mol. The van der Waals surface area contributed by atoms with Crippen LogP contribution in [-0.4, -0.2) is 20.7 Å². The van der Waals surface area contributed by atoms with Crippen molar-refractivity contribution >= 4 is 10.0 Å². The summed E-state index contributed by atoms with van der Waals surface area (Å²) in [6.45, 7) is 0.471. The first-order valence-corrected chi connectivity index (χ1v) is 7.70. The van der Waals surface area contributed by atoms with E-state index in [9.17, 15) is 8.42 Å². The van der Waals surface area contributed by atoms with Gasteiger partial charge in [0.25, 0.3) is 0 Å². The van der Waals surface area contributed by atoms with Crippen molar-refractivity contribution in [1.82, 2.24) is 4.72 Å². The van der Waals surface area contributed by atoms with Gasteiger partial charge >= 0.3 is 0 Å². The van der Waals surface area contributed by atoms with Crippen LogP contribution in [0.15, 0.2) is 0 Å². The van der Waals surface area contributed by atoms with Crippen LogP contribution in [0, 0.1) is 18.3 Å². The number of terminal acetylenes is 1. The molecule has 0 amide bonds. The van der Waals surface area contributed by atoms with E-state index in [2.05, 4.69) is 10.6 Å². The third kappa shape index (κ3) is 5.53. The van der Waals surface area contributed by atoms with Gasteiger partial charge < -0.3 is 0 Å². The average Bonchev–Trinajstić information content (AvgIpc) is 2.25. The predicted octanol–water partition coefficient (Wildman–Crippen LogP) is 1.90. The molecule has 92 valence electrons. The standard InChI is InChI=1S/C12H21NO2S/c1-2-3-7-10-13-16(14,15)11-12-8-5-4-6-9-12/h1,12-13H,3-11H2. The molecule has 0 atom stereocenters. The Morgan fingerprint density at radius 3 is 2.56 bits per heavy atom. The summed E-state index contributed by atoms with van der Waals surface area (Å²) in [7, 11) is -3.08. The highest BCUT2D eigenvalue weighted by atomic mass is 32.2. The van der Waals surface area contributed by atoms with Crippen LogP contribution in [0.1, 0.15) is 44.9 Å². The molecule has 1 aliphatic rings. The van der Waals surface area contributed by atoms with Gasteiger partial charge in [0.15, 0.2) is 0 Å². The monoisotopic (exact) mass is 243 g/mol. The predicted molar refractivity (Wildman–Crippen MR) is 66.4 cm³/mol. The molecule has 1 rings (SSSR count). The minimum atomic E-state index is -3.08. The van der Waals surface area contributed by atoms with E-state index in [1.807, 2.05) is 0 Å². The molecule has 0 aromatic carbocycles. The smallest absolute Gasteiger partial charge is 0.211 e. The number of rotatable bonds is 6. The van der Waals surface area contributed by atoms with E-state index >= 15 is 0 Å². The van der Waals surface area contributed by atoms with Crippen molar-refractivity contribution in [3.8, 4) is 12.3 Å². The first kappa shape index (κ1) is 13.5. The van der Waals surface area contributed by atoms with Crippen molar-refractivity contribution < 1.29 is 8.42 Å². The highest BCUT2D eigenvalue weighted by molar-refractivity contribution is 7.89. The van der Waals surface area contributed by atoms with Crippen LogP contribution in [0.5, 0.6) is 0 Å². The maximum absolute atomic E-state index is 11.7. The fraction of sp³-hybridized carbons (Fsp3) is 0.833. The number of hydrogen-bond donors (Lipinski definition) is 1. The maximum Gasteiger partial charge on any atom is 0.211 e. The van der Waals surface area contributed by atoms with Crippen LogP contribution in [-0.2, 0) is 10.0 Å². The fourth-order valence-electron chi connectivity index (χ4n) is 2.14. The second kappa shape index (κ2) is 6.93. The van der Waals surface area contributed by atoms with Gasteiger partial charge in [0.1, 0.15) is 0 Å². The summed E-state index contributed by atoms with van der Waals surface area (Å²) in [5, 5.41) is 0. The molecule has 1 saturated carbocycles. The first-order valence-electron chi connectivity index (χ1n) is 6.05. The molecular formula is C12H21NO2S. The lowest BCUT2D eigenvalue weighted by molar-refractivity contribution is 0.384. The van der Waals surface area contributed by atoms with Gasteiger partial charge in [-0.05, 0) is 25.2 Å². The quantitative estimate of drug-likeness (QED) is 0.572. The van der Waals surface area contributed by atoms with Gasteiger partial charge in [-0.25, -0.2) is 13.1 Å². The number of hydrogen-bond acceptors (Lipinski definition) is 2. The average molecular weight is 243 g/mol. The molecule has 0 radical (unpaired) electrons. The Balaban J connectivity index is 2.25. The summed E-state index contributed by atoms with van der Waals surface area (Å²) >= 11 is 0. The summed E-state index contributed by atoms with van der Waals surface area (Å²) in [5.74, 6) is 3.16. The Morgan fingerprint density at radius 1 is 1.25 bits per heavy atom. The van der Waals surface area contributed by atoms with Gasteiger partial charge in [-0.1, -0.05) is 19.3 Å². The van der Waals surface area contributed by atoms with E-state index in [0.717, 1.165) is 19.3 Å². The molecule has 4 heteroatoms. The first-order chi connectivity index (χ1) is 7.64. The molecule has 0 aliphatic heterocycles. The lowest BCUT2D eigenvalue weighted by Crippen LogP contribution is -2.31. The van der Waals surface area contributed by atoms with Crippen LogP contribution in [0.25, 0.3) is 0 Å². The molecule has 0 saturated heterocycles. The lowest BCUT2D eigenvalue weighted by atomic mass is 9.91. The summed E-state index contributed by atoms with van der Waals surface area (Å²) in [6, 6.07) is 0. The van der Waals surface area contributed by atoms with Crippen molar-refractivity contribution in [3.63, 3.8) is 0 Å². The highest BCUT2D eigenvalue weighted by Gasteiger charge is 2.20. The van der Waals surface area contributed by atoms with Crippen LogP contribution in [0.4, 0.5) is 0 Å². The van der Waals surface area contributed by atoms with Crippen LogP contribution in [0.2, 0.25) is 0 Å². The molecule has 16 heavy (non-hydrogen) atoms. The third-order valence-corrected chi connectivity index (χ3v) is 4.55. The van der Waals surface area contributed by atoms with Crippen molar-refractivity contribution in [2.45, 2.75) is 44.9 Å². The summed E-state index contributed by atoms with van der Waals surface area (Å²) < 4.78 is 26.0. The van der Waals surface area contributed by atoms with Crippen molar-refractivity contribution in [2.75, 3.05) is 12.3 Å². The van der Waals surface area contributed by atoms with Gasteiger partial charge in [-0.2, -0.15) is 0 Å². The molecule has 0 spiro atoms. The minimum Gasteiger partial charge on any atom is -0.215 e. The largest absolute Gasteiger partial charge is 0.215 e. The lowest BCUT2D eigenvalue weighted by Gasteiger charge is -2.21. The van der Waals surface area contributed by atoms with E-state index in [-0.39, 0.29) is 0 Å². The summed E-state index contributed by atoms with van der Waals surface area (Å²) in [5.41, 5.74) is 0. The number of unbranched alkanes of at least 4 members (excludes halogenated alkanes) is 1. The van der Waals surface area contributed by atoms with Crippen LogP contribution >= 0.6 is 0 Å². The zero-order valence-electron chi connectivity index (χ0n) is 9.74. The Bertz CT molecular complexity index is 323. The van der Waals surface area contributed by atoms with Crippen molar-refractivity contribution in [3.05, 3.63) is 0 Å². The number of nitrogens with one attached hydrogen (secondary N) is 1. The van der Waals surface area contributed by atoms with E-state index in [0.29, 0.717) is 24.6 Å². The van der Waals surface area contributed by atoms with E-state index in [4.69, 9.17) is 6.42 Å².